The van der Waals surface area contributed by atoms with Crippen molar-refractivity contribution < 1.29 is 19.0 Å². The molecule has 0 unspecified atom stereocenters. The molecule has 0 radical (unpaired) electrons. The van der Waals surface area contributed by atoms with Gasteiger partial charge in [-0.3, -0.25) is 9.20 Å². The molecule has 0 aliphatic heterocycles. The second-order valence-corrected chi connectivity index (χ2v) is 8.74. The highest BCUT2D eigenvalue weighted by molar-refractivity contribution is 7.15. The van der Waals surface area contributed by atoms with Gasteiger partial charge in [0.25, 0.3) is 5.91 Å². The lowest BCUT2D eigenvalue weighted by molar-refractivity contribution is 0.0945. The molecule has 10 nitrogen and oxygen atoms in total. The minimum Gasteiger partial charge on any atom is -0.497 e. The van der Waals surface area contributed by atoms with Gasteiger partial charge in [-0.15, -0.1) is 16.4 Å². The number of nitrogens with one attached hydrogen (secondary N) is 1. The summed E-state index contributed by atoms with van der Waals surface area (Å²) in [6.07, 6.45) is 3.67. The smallest absolute Gasteiger partial charge is 0.269 e. The zero-order valence-electron chi connectivity index (χ0n) is 20.0. The Kier molecular flexibility index (Phi) is 6.54. The van der Waals surface area contributed by atoms with Crippen LogP contribution in [0, 0.1) is 0 Å². The standard InChI is InChI=1S/C25H24N6O4S/c1-33-19-7-5-17(6-8-19)20-14-31-21(15-36-25(31)27-20)24(32)26-11-18-13-30(29-28-18)12-16-4-9-22(34-2)23(10-16)35-3/h4-10,13-15H,11-12H2,1-3H3,(H,26,32). The molecule has 0 spiro atoms. The van der Waals surface area contributed by atoms with Gasteiger partial charge in [-0.1, -0.05) is 11.3 Å². The summed E-state index contributed by atoms with van der Waals surface area (Å²) in [5, 5.41) is 13.1. The van der Waals surface area contributed by atoms with Crippen LogP contribution in [0.15, 0.2) is 60.2 Å². The Labute approximate surface area is 211 Å². The van der Waals surface area contributed by atoms with Crippen molar-refractivity contribution in [2.24, 2.45) is 0 Å². The largest absolute Gasteiger partial charge is 0.497 e. The summed E-state index contributed by atoms with van der Waals surface area (Å²) in [5.74, 6) is 1.88. The molecule has 3 heterocycles. The zero-order valence-corrected chi connectivity index (χ0v) is 20.8. The number of carbonyl (C=O) groups is 1. The number of hydrogen-bond donors (Lipinski definition) is 1. The lowest BCUT2D eigenvalue weighted by atomic mass is 10.2. The molecule has 5 aromatic rings. The molecule has 0 saturated carbocycles. The van der Waals surface area contributed by atoms with E-state index < -0.39 is 0 Å². The first-order valence-corrected chi connectivity index (χ1v) is 11.9. The summed E-state index contributed by atoms with van der Waals surface area (Å²) >= 11 is 1.41. The number of thiazole rings is 1. The average Bonchev–Trinajstić information content (AvgIpc) is 3.63. The number of aromatic nitrogens is 5. The highest BCUT2D eigenvalue weighted by atomic mass is 32.1. The van der Waals surface area contributed by atoms with Crippen LogP contribution >= 0.6 is 11.3 Å². The van der Waals surface area contributed by atoms with Crippen molar-refractivity contribution >= 4 is 22.2 Å². The van der Waals surface area contributed by atoms with E-state index in [1.54, 1.807) is 42.0 Å². The molecule has 0 fully saturated rings. The predicted octanol–water partition coefficient (Wildman–Crippen LogP) is 3.66. The van der Waals surface area contributed by atoms with Crippen molar-refractivity contribution in [2.45, 2.75) is 13.1 Å². The topological polar surface area (TPSA) is 105 Å². The molecule has 1 N–H and O–H groups in total. The Morgan fingerprint density at radius 3 is 2.56 bits per heavy atom. The number of rotatable bonds is 9. The van der Waals surface area contributed by atoms with E-state index in [1.807, 2.05) is 48.7 Å². The maximum Gasteiger partial charge on any atom is 0.269 e. The van der Waals surface area contributed by atoms with Crippen molar-refractivity contribution in [3.8, 4) is 28.5 Å². The Balaban J connectivity index is 1.24. The quantitative estimate of drug-likeness (QED) is 0.327. The molecule has 11 heteroatoms. The third-order valence-electron chi connectivity index (χ3n) is 5.64. The van der Waals surface area contributed by atoms with E-state index >= 15 is 0 Å². The molecule has 3 aromatic heterocycles. The summed E-state index contributed by atoms with van der Waals surface area (Å²) in [5.41, 5.74) is 3.89. The van der Waals surface area contributed by atoms with Crippen molar-refractivity contribution in [3.05, 3.63) is 77.2 Å². The van der Waals surface area contributed by atoms with Gasteiger partial charge in [0.05, 0.1) is 46.3 Å². The van der Waals surface area contributed by atoms with Crippen molar-refractivity contribution in [1.82, 2.24) is 29.7 Å². The Morgan fingerprint density at radius 2 is 1.81 bits per heavy atom. The first-order chi connectivity index (χ1) is 17.6. The predicted molar refractivity (Wildman–Crippen MR) is 135 cm³/mol. The molecule has 5 rings (SSSR count). The summed E-state index contributed by atoms with van der Waals surface area (Å²) in [7, 11) is 4.83. The van der Waals surface area contributed by atoms with Gasteiger partial charge in [0, 0.05) is 17.1 Å². The van der Waals surface area contributed by atoms with Crippen molar-refractivity contribution in [1.29, 1.82) is 0 Å². The zero-order chi connectivity index (χ0) is 25.1. The first-order valence-electron chi connectivity index (χ1n) is 11.1. The first kappa shape index (κ1) is 23.4. The van der Waals surface area contributed by atoms with Gasteiger partial charge in [-0.05, 0) is 42.0 Å². The highest BCUT2D eigenvalue weighted by Crippen LogP contribution is 2.28. The summed E-state index contributed by atoms with van der Waals surface area (Å²) in [6, 6.07) is 13.3. The van der Waals surface area contributed by atoms with Crippen LogP contribution in [0.25, 0.3) is 16.2 Å². The van der Waals surface area contributed by atoms with Gasteiger partial charge in [0.2, 0.25) is 0 Å². The van der Waals surface area contributed by atoms with Gasteiger partial charge in [0.1, 0.15) is 17.1 Å². The third-order valence-corrected chi connectivity index (χ3v) is 6.48. The van der Waals surface area contributed by atoms with Gasteiger partial charge in [-0.25, -0.2) is 9.67 Å². The summed E-state index contributed by atoms with van der Waals surface area (Å²) < 4.78 is 19.4. The van der Waals surface area contributed by atoms with E-state index in [0.29, 0.717) is 29.4 Å². The van der Waals surface area contributed by atoms with Crippen LogP contribution in [0.3, 0.4) is 0 Å². The Hall–Kier alpha value is -4.38. The molecular weight excluding hydrogens is 480 g/mol. The number of amides is 1. The van der Waals surface area contributed by atoms with E-state index in [9.17, 15) is 4.79 Å². The number of imidazole rings is 1. The second kappa shape index (κ2) is 10.1. The lowest BCUT2D eigenvalue weighted by Crippen LogP contribution is -2.24. The number of ether oxygens (including phenoxy) is 3. The summed E-state index contributed by atoms with van der Waals surface area (Å²) in [6.45, 7) is 0.762. The van der Waals surface area contributed by atoms with E-state index in [-0.39, 0.29) is 12.5 Å². The molecule has 2 aromatic carbocycles. The van der Waals surface area contributed by atoms with E-state index in [4.69, 9.17) is 14.2 Å². The molecule has 1 amide bonds. The van der Waals surface area contributed by atoms with Crippen molar-refractivity contribution in [2.75, 3.05) is 21.3 Å². The Bertz CT molecular complexity index is 1500. The molecule has 0 bridgehead atoms. The second-order valence-electron chi connectivity index (χ2n) is 7.91. The molecule has 0 aliphatic carbocycles. The normalized spacial score (nSPS) is 11.0. The number of methoxy groups -OCH3 is 3. The fraction of sp³-hybridized carbons (Fsp3) is 0.200. The SMILES string of the molecule is COc1ccc(-c2cn3c(C(=O)NCc4cn(Cc5ccc(OC)c(OC)c5)nn4)csc3n2)cc1. The maximum atomic E-state index is 12.9. The van der Waals surface area contributed by atoms with Crippen LogP contribution in [0.1, 0.15) is 21.7 Å². The van der Waals surface area contributed by atoms with Gasteiger partial charge >= 0.3 is 0 Å². The van der Waals surface area contributed by atoms with Crippen LogP contribution in [-0.2, 0) is 13.1 Å². The number of carbonyl (C=O) groups excluding carboxylic acids is 1. The number of hydrogen-bond acceptors (Lipinski definition) is 8. The lowest BCUT2D eigenvalue weighted by Gasteiger charge is -2.09. The van der Waals surface area contributed by atoms with Crippen molar-refractivity contribution in [3.63, 3.8) is 0 Å². The van der Waals surface area contributed by atoms with E-state index in [2.05, 4.69) is 20.6 Å². The molecular formula is C25H24N6O4S. The van der Waals surface area contributed by atoms with Crippen LogP contribution in [-0.4, -0.2) is 51.6 Å². The maximum absolute atomic E-state index is 12.9. The average molecular weight is 505 g/mol. The molecule has 184 valence electrons. The van der Waals surface area contributed by atoms with Gasteiger partial charge in [-0.2, -0.15) is 0 Å². The minimum absolute atomic E-state index is 0.214. The number of nitrogens with zero attached hydrogens (tertiary/aromatic N) is 5. The van der Waals surface area contributed by atoms with Gasteiger partial charge in [0.15, 0.2) is 16.5 Å². The Morgan fingerprint density at radius 1 is 1.00 bits per heavy atom. The van der Waals surface area contributed by atoms with Gasteiger partial charge < -0.3 is 19.5 Å². The highest BCUT2D eigenvalue weighted by Gasteiger charge is 2.16. The fourth-order valence-electron chi connectivity index (χ4n) is 3.77. The summed E-state index contributed by atoms with van der Waals surface area (Å²) in [4.78, 5) is 18.3. The van der Waals surface area contributed by atoms with Crippen LogP contribution in [0.2, 0.25) is 0 Å². The molecule has 0 aliphatic rings. The third kappa shape index (κ3) is 4.73. The minimum atomic E-state index is -0.214. The van der Waals surface area contributed by atoms with Crippen LogP contribution in [0.4, 0.5) is 0 Å². The van der Waals surface area contributed by atoms with Crippen LogP contribution in [0.5, 0.6) is 17.2 Å². The number of benzene rings is 2. The number of fused-ring (bicyclic) bond motifs is 1. The molecule has 0 atom stereocenters. The van der Waals surface area contributed by atoms with E-state index in [0.717, 1.165) is 27.5 Å². The molecule has 0 saturated heterocycles. The fourth-order valence-corrected chi connectivity index (χ4v) is 4.63. The van der Waals surface area contributed by atoms with E-state index in [1.165, 1.54) is 11.3 Å². The van der Waals surface area contributed by atoms with Crippen LogP contribution < -0.4 is 19.5 Å². The molecule has 36 heavy (non-hydrogen) atoms. The monoisotopic (exact) mass is 504 g/mol.